The van der Waals surface area contributed by atoms with Crippen LogP contribution >= 0.6 is 11.3 Å². The first-order valence-corrected chi connectivity index (χ1v) is 8.61. The largest absolute Gasteiger partial charge is 0.308 e. The molecule has 0 bridgehead atoms. The molecule has 1 amide bonds. The molecule has 4 rings (SSSR count). The minimum Gasteiger partial charge on any atom is -0.288 e. The number of anilines is 2. The summed E-state index contributed by atoms with van der Waals surface area (Å²) in [4.78, 5) is 27.8. The van der Waals surface area contributed by atoms with Crippen molar-refractivity contribution in [2.24, 2.45) is 7.05 Å². The highest BCUT2D eigenvalue weighted by Crippen LogP contribution is 2.44. The van der Waals surface area contributed by atoms with Gasteiger partial charge in [0.15, 0.2) is 0 Å². The highest BCUT2D eigenvalue weighted by atomic mass is 32.1. The van der Waals surface area contributed by atoms with Crippen LogP contribution in [0, 0.1) is 0 Å². The lowest BCUT2D eigenvalue weighted by molar-refractivity contribution is -0.118. The van der Waals surface area contributed by atoms with Crippen LogP contribution in [-0.2, 0) is 11.8 Å². The molecule has 0 radical (unpaired) electrons. The fourth-order valence-corrected chi connectivity index (χ4v) is 4.31. The quantitative estimate of drug-likeness (QED) is 0.717. The van der Waals surface area contributed by atoms with Crippen LogP contribution in [0.5, 0.6) is 0 Å². The maximum absolute atomic E-state index is 12.9. The summed E-state index contributed by atoms with van der Waals surface area (Å²) in [6, 6.07) is 19.4. The number of benzene rings is 2. The molecule has 0 spiro atoms. The number of hydrogen-bond donors (Lipinski definition) is 0. The molecule has 3 aromatic rings. The van der Waals surface area contributed by atoms with Crippen molar-refractivity contribution in [2.75, 3.05) is 4.90 Å². The smallest absolute Gasteiger partial charge is 0.288 e. The summed E-state index contributed by atoms with van der Waals surface area (Å²) < 4.78 is 1.58. The lowest BCUT2D eigenvalue weighted by Gasteiger charge is -2.32. The maximum atomic E-state index is 12.9. The highest BCUT2D eigenvalue weighted by Gasteiger charge is 2.37. The van der Waals surface area contributed by atoms with Crippen molar-refractivity contribution in [2.45, 2.75) is 12.3 Å². The second-order valence-electron chi connectivity index (χ2n) is 5.85. The van der Waals surface area contributed by atoms with E-state index in [1.807, 2.05) is 60.7 Å². The number of aromatic nitrogens is 1. The van der Waals surface area contributed by atoms with E-state index < -0.39 is 0 Å². The lowest BCUT2D eigenvalue weighted by Crippen LogP contribution is -2.34. The Morgan fingerprint density at radius 3 is 2.25 bits per heavy atom. The van der Waals surface area contributed by atoms with Gasteiger partial charge in [0.1, 0.15) is 5.82 Å². The van der Waals surface area contributed by atoms with E-state index in [1.165, 1.54) is 11.3 Å². The Hall–Kier alpha value is -2.66. The Labute approximate surface area is 143 Å². The number of rotatable bonds is 2. The Kier molecular flexibility index (Phi) is 3.58. The lowest BCUT2D eigenvalue weighted by atomic mass is 9.90. The van der Waals surface area contributed by atoms with Gasteiger partial charge in [-0.1, -0.05) is 59.9 Å². The zero-order valence-corrected chi connectivity index (χ0v) is 14.0. The molecule has 1 aliphatic heterocycles. The number of thiazole rings is 1. The molecule has 1 unspecified atom stereocenters. The van der Waals surface area contributed by atoms with Gasteiger partial charge in [0.2, 0.25) is 5.91 Å². The summed E-state index contributed by atoms with van der Waals surface area (Å²) >= 11 is 1.23. The molecule has 5 heteroatoms. The average Bonchev–Trinajstić information content (AvgIpc) is 2.91. The Balaban J connectivity index is 1.92. The van der Waals surface area contributed by atoms with Crippen molar-refractivity contribution < 1.29 is 4.79 Å². The van der Waals surface area contributed by atoms with Crippen molar-refractivity contribution in [3.8, 4) is 0 Å². The van der Waals surface area contributed by atoms with Crippen molar-refractivity contribution in [1.82, 2.24) is 4.57 Å². The van der Waals surface area contributed by atoms with Crippen molar-refractivity contribution in [3.05, 3.63) is 80.8 Å². The molecule has 0 aliphatic carbocycles. The number of fused-ring (bicyclic) bond motifs is 1. The van der Waals surface area contributed by atoms with E-state index in [1.54, 1.807) is 16.5 Å². The van der Waals surface area contributed by atoms with Gasteiger partial charge >= 0.3 is 4.87 Å². The van der Waals surface area contributed by atoms with Gasteiger partial charge in [0, 0.05) is 19.4 Å². The summed E-state index contributed by atoms with van der Waals surface area (Å²) in [5.74, 6) is 0.643. The fourth-order valence-electron chi connectivity index (χ4n) is 3.22. The van der Waals surface area contributed by atoms with Gasteiger partial charge in [-0.3, -0.25) is 19.1 Å². The Morgan fingerprint density at radius 1 is 0.958 bits per heavy atom. The standard InChI is InChI=1S/C19H16N2O2S/c1-20-18-17(24-19(20)23)15(13-8-4-2-5-9-13)12-16(22)21(18)14-10-6-3-7-11-14/h2-11,15H,12H2,1H3. The SMILES string of the molecule is Cn1c2c(sc1=O)C(c1ccccc1)CC(=O)N2c1ccccc1. The third-order valence-electron chi connectivity index (χ3n) is 4.38. The monoisotopic (exact) mass is 336 g/mol. The van der Waals surface area contributed by atoms with Gasteiger partial charge < -0.3 is 0 Å². The number of nitrogens with zero attached hydrogens (tertiary/aromatic N) is 2. The molecule has 4 nitrogen and oxygen atoms in total. The van der Waals surface area contributed by atoms with Crippen LogP contribution in [-0.4, -0.2) is 10.5 Å². The minimum atomic E-state index is -0.0624. The van der Waals surface area contributed by atoms with Crippen LogP contribution in [0.15, 0.2) is 65.5 Å². The van der Waals surface area contributed by atoms with Crippen molar-refractivity contribution in [1.29, 1.82) is 0 Å². The van der Waals surface area contributed by atoms with E-state index in [0.29, 0.717) is 12.2 Å². The van der Waals surface area contributed by atoms with Gasteiger partial charge in [-0.15, -0.1) is 0 Å². The van der Waals surface area contributed by atoms with Crippen molar-refractivity contribution >= 4 is 28.7 Å². The number of para-hydroxylation sites is 1. The van der Waals surface area contributed by atoms with Gasteiger partial charge in [-0.2, -0.15) is 0 Å². The van der Waals surface area contributed by atoms with Crippen molar-refractivity contribution in [3.63, 3.8) is 0 Å². The van der Waals surface area contributed by atoms with Crippen LogP contribution in [0.4, 0.5) is 11.5 Å². The summed E-state index contributed by atoms with van der Waals surface area (Å²) in [7, 11) is 1.73. The third kappa shape index (κ3) is 2.29. The molecule has 1 atom stereocenters. The van der Waals surface area contributed by atoms with Gasteiger partial charge in [-0.25, -0.2) is 0 Å². The molecule has 0 saturated carbocycles. The van der Waals surface area contributed by atoms with E-state index in [0.717, 1.165) is 16.1 Å². The Bertz CT molecular complexity index is 945. The number of carbonyl (C=O) groups is 1. The number of hydrogen-bond acceptors (Lipinski definition) is 3. The second kappa shape index (κ2) is 5.76. The highest BCUT2D eigenvalue weighted by molar-refractivity contribution is 7.10. The first-order chi connectivity index (χ1) is 11.7. The minimum absolute atomic E-state index is 0.0101. The predicted octanol–water partition coefficient (Wildman–Crippen LogP) is 3.65. The summed E-state index contributed by atoms with van der Waals surface area (Å²) in [6.07, 6.45) is 0.367. The summed E-state index contributed by atoms with van der Waals surface area (Å²) in [5.41, 5.74) is 1.87. The molecule has 0 fully saturated rings. The predicted molar refractivity (Wildman–Crippen MR) is 96.1 cm³/mol. The first kappa shape index (κ1) is 14.9. The molecule has 2 heterocycles. The molecule has 0 N–H and O–H groups in total. The van der Waals surface area contributed by atoms with E-state index in [4.69, 9.17) is 0 Å². The number of amides is 1. The van der Waals surface area contributed by atoms with E-state index in [9.17, 15) is 9.59 Å². The van der Waals surface area contributed by atoms with Crippen LogP contribution in [0.3, 0.4) is 0 Å². The molecule has 0 saturated heterocycles. The zero-order chi connectivity index (χ0) is 16.7. The van der Waals surface area contributed by atoms with Crippen LogP contribution in [0.2, 0.25) is 0 Å². The normalized spacial score (nSPS) is 17.0. The topological polar surface area (TPSA) is 42.3 Å². The molecule has 1 aromatic heterocycles. The summed E-state index contributed by atoms with van der Waals surface area (Å²) in [5, 5.41) is 0. The van der Waals surface area contributed by atoms with E-state index in [-0.39, 0.29) is 16.7 Å². The van der Waals surface area contributed by atoms with E-state index >= 15 is 0 Å². The maximum Gasteiger partial charge on any atom is 0.308 e. The number of carbonyl (C=O) groups excluding carboxylic acids is 1. The van der Waals surface area contributed by atoms with Gasteiger partial charge in [-0.05, 0) is 17.7 Å². The molecule has 24 heavy (non-hydrogen) atoms. The third-order valence-corrected chi connectivity index (χ3v) is 5.52. The van der Waals surface area contributed by atoms with Crippen LogP contribution in [0.1, 0.15) is 22.8 Å². The summed E-state index contributed by atoms with van der Waals surface area (Å²) in [6.45, 7) is 0. The van der Waals surface area contributed by atoms with Crippen LogP contribution in [0.25, 0.3) is 0 Å². The molecular weight excluding hydrogens is 320 g/mol. The van der Waals surface area contributed by atoms with E-state index in [2.05, 4.69) is 0 Å². The molecule has 2 aromatic carbocycles. The molecule has 120 valence electrons. The average molecular weight is 336 g/mol. The first-order valence-electron chi connectivity index (χ1n) is 7.79. The zero-order valence-electron chi connectivity index (χ0n) is 13.2. The van der Waals surface area contributed by atoms with Crippen LogP contribution < -0.4 is 9.77 Å². The molecule has 1 aliphatic rings. The Morgan fingerprint density at radius 2 is 1.58 bits per heavy atom. The molecular formula is C19H16N2O2S. The fraction of sp³-hybridized carbons (Fsp3) is 0.158. The van der Waals surface area contributed by atoms with Gasteiger partial charge in [0.05, 0.1) is 10.6 Å². The second-order valence-corrected chi connectivity index (χ2v) is 6.84. The van der Waals surface area contributed by atoms with Gasteiger partial charge in [0.25, 0.3) is 0 Å².